The number of imide groups is 1. The first-order valence-corrected chi connectivity index (χ1v) is 6.52. The highest BCUT2D eigenvalue weighted by atomic mass is 16.5. The highest BCUT2D eigenvalue weighted by Gasteiger charge is 2.26. The second kappa shape index (κ2) is 8.52. The number of nitrogens with zero attached hydrogens (tertiary/aromatic N) is 1. The van der Waals surface area contributed by atoms with Crippen LogP contribution < -0.4 is 5.32 Å². The molecule has 0 bridgehead atoms. The Morgan fingerprint density at radius 1 is 1.25 bits per heavy atom. The summed E-state index contributed by atoms with van der Waals surface area (Å²) in [7, 11) is 1.56. The zero-order valence-corrected chi connectivity index (χ0v) is 12.6. The van der Waals surface area contributed by atoms with E-state index in [9.17, 15) is 14.4 Å². The summed E-state index contributed by atoms with van der Waals surface area (Å²) >= 11 is 0. The Kier molecular flexibility index (Phi) is 7.83. The molecule has 0 radical (unpaired) electrons. The van der Waals surface area contributed by atoms with Gasteiger partial charge in [0.1, 0.15) is 0 Å². The van der Waals surface area contributed by atoms with Crippen molar-refractivity contribution in [3.05, 3.63) is 0 Å². The summed E-state index contributed by atoms with van der Waals surface area (Å²) in [6, 6.07) is -0.513. The fourth-order valence-corrected chi connectivity index (χ4v) is 1.61. The van der Waals surface area contributed by atoms with Gasteiger partial charge in [-0.2, -0.15) is 0 Å². The maximum atomic E-state index is 11.7. The van der Waals surface area contributed by atoms with Crippen LogP contribution in [0.4, 0.5) is 4.79 Å². The van der Waals surface area contributed by atoms with Crippen molar-refractivity contribution in [3.63, 3.8) is 0 Å². The third kappa shape index (κ3) is 8.47. The SMILES string of the molecule is CCOCCN(C)C(=O)NC(=O)CC(C)(C)CC(=O)O. The predicted octanol–water partition coefficient (Wildman–Crippen LogP) is 1.08. The van der Waals surface area contributed by atoms with Crippen molar-refractivity contribution in [2.75, 3.05) is 26.8 Å². The first-order chi connectivity index (χ1) is 9.18. The van der Waals surface area contributed by atoms with Gasteiger partial charge >= 0.3 is 12.0 Å². The summed E-state index contributed by atoms with van der Waals surface area (Å²) in [4.78, 5) is 35.4. The molecule has 3 amide bonds. The van der Waals surface area contributed by atoms with Gasteiger partial charge in [-0.25, -0.2) is 4.79 Å². The van der Waals surface area contributed by atoms with Gasteiger partial charge in [-0.05, 0) is 12.3 Å². The van der Waals surface area contributed by atoms with Crippen LogP contribution in [-0.2, 0) is 14.3 Å². The lowest BCUT2D eigenvalue weighted by Gasteiger charge is -2.22. The fourth-order valence-electron chi connectivity index (χ4n) is 1.61. The van der Waals surface area contributed by atoms with E-state index < -0.39 is 23.3 Å². The lowest BCUT2D eigenvalue weighted by molar-refractivity contribution is -0.139. The molecule has 0 aliphatic carbocycles. The smallest absolute Gasteiger partial charge is 0.323 e. The molecule has 116 valence electrons. The summed E-state index contributed by atoms with van der Waals surface area (Å²) in [6.07, 6.45) is -0.154. The molecule has 0 unspecified atom stereocenters. The Bertz CT molecular complexity index is 355. The number of carbonyl (C=O) groups excluding carboxylic acids is 2. The van der Waals surface area contributed by atoms with Crippen LogP contribution in [0.5, 0.6) is 0 Å². The van der Waals surface area contributed by atoms with Crippen LogP contribution in [0.3, 0.4) is 0 Å². The normalized spacial score (nSPS) is 11.0. The Morgan fingerprint density at radius 2 is 1.85 bits per heavy atom. The van der Waals surface area contributed by atoms with Crippen molar-refractivity contribution in [2.45, 2.75) is 33.6 Å². The van der Waals surface area contributed by atoms with E-state index in [1.54, 1.807) is 20.9 Å². The molecule has 7 heteroatoms. The van der Waals surface area contributed by atoms with Gasteiger partial charge in [0.2, 0.25) is 5.91 Å². The number of aliphatic carboxylic acids is 1. The Balaban J connectivity index is 4.19. The highest BCUT2D eigenvalue weighted by molar-refractivity contribution is 5.94. The largest absolute Gasteiger partial charge is 0.481 e. The van der Waals surface area contributed by atoms with Crippen LogP contribution in [0.15, 0.2) is 0 Å². The molecule has 7 nitrogen and oxygen atoms in total. The van der Waals surface area contributed by atoms with Gasteiger partial charge in [-0.3, -0.25) is 14.9 Å². The van der Waals surface area contributed by atoms with E-state index >= 15 is 0 Å². The molecule has 0 atom stereocenters. The van der Waals surface area contributed by atoms with Crippen molar-refractivity contribution in [1.29, 1.82) is 0 Å². The number of rotatable bonds is 8. The van der Waals surface area contributed by atoms with E-state index in [2.05, 4.69) is 5.32 Å². The molecule has 0 aromatic heterocycles. The molecule has 2 N–H and O–H groups in total. The number of nitrogens with one attached hydrogen (secondary N) is 1. The minimum atomic E-state index is -0.969. The van der Waals surface area contributed by atoms with Gasteiger partial charge in [0, 0.05) is 26.6 Å². The predicted molar refractivity (Wildman–Crippen MR) is 73.3 cm³/mol. The number of carboxylic acid groups (broad SMARTS) is 1. The zero-order valence-electron chi connectivity index (χ0n) is 12.6. The van der Waals surface area contributed by atoms with E-state index in [4.69, 9.17) is 9.84 Å². The maximum absolute atomic E-state index is 11.7. The molecular formula is C13H24N2O5. The fraction of sp³-hybridized carbons (Fsp3) is 0.769. The maximum Gasteiger partial charge on any atom is 0.323 e. The van der Waals surface area contributed by atoms with Crippen LogP contribution in [0, 0.1) is 5.41 Å². The van der Waals surface area contributed by atoms with E-state index in [1.165, 1.54) is 4.90 Å². The third-order valence-electron chi connectivity index (χ3n) is 2.64. The second-order valence-corrected chi connectivity index (χ2v) is 5.38. The molecule has 0 aromatic rings. The minimum Gasteiger partial charge on any atom is -0.481 e. The molecule has 0 heterocycles. The first-order valence-electron chi connectivity index (χ1n) is 6.52. The number of hydrogen-bond acceptors (Lipinski definition) is 4. The molecule has 0 aliphatic heterocycles. The van der Waals surface area contributed by atoms with Crippen molar-refractivity contribution in [1.82, 2.24) is 10.2 Å². The molecule has 0 aromatic carbocycles. The van der Waals surface area contributed by atoms with Gasteiger partial charge in [-0.15, -0.1) is 0 Å². The van der Waals surface area contributed by atoms with Crippen molar-refractivity contribution < 1.29 is 24.2 Å². The highest BCUT2D eigenvalue weighted by Crippen LogP contribution is 2.24. The summed E-state index contributed by atoms with van der Waals surface area (Å²) < 4.78 is 5.11. The molecular weight excluding hydrogens is 264 g/mol. The molecule has 0 saturated carbocycles. The molecule has 20 heavy (non-hydrogen) atoms. The quantitative estimate of drug-likeness (QED) is 0.652. The number of ether oxygens (including phenoxy) is 1. The van der Waals surface area contributed by atoms with Gasteiger partial charge in [0.25, 0.3) is 0 Å². The van der Waals surface area contributed by atoms with Gasteiger partial charge < -0.3 is 14.7 Å². The summed E-state index contributed by atoms with van der Waals surface area (Å²) in [5.41, 5.74) is -0.694. The van der Waals surface area contributed by atoms with Gasteiger partial charge in [0.05, 0.1) is 13.0 Å². The first kappa shape index (κ1) is 18.4. The molecule has 0 fully saturated rings. The van der Waals surface area contributed by atoms with E-state index in [0.29, 0.717) is 19.8 Å². The van der Waals surface area contributed by atoms with E-state index in [0.717, 1.165) is 0 Å². The number of likely N-dealkylation sites (N-methyl/N-ethyl adjacent to an activating group) is 1. The lowest BCUT2D eigenvalue weighted by atomic mass is 9.85. The molecule has 0 aliphatic rings. The van der Waals surface area contributed by atoms with Crippen molar-refractivity contribution in [3.8, 4) is 0 Å². The summed E-state index contributed by atoms with van der Waals surface area (Å²) in [6.45, 7) is 6.55. The molecule has 0 saturated heterocycles. The average molecular weight is 288 g/mol. The summed E-state index contributed by atoms with van der Waals surface area (Å²) in [5.74, 6) is -1.45. The van der Waals surface area contributed by atoms with E-state index in [-0.39, 0.29) is 12.8 Å². The van der Waals surface area contributed by atoms with Crippen LogP contribution in [0.25, 0.3) is 0 Å². The number of hydrogen-bond donors (Lipinski definition) is 2. The molecule has 0 spiro atoms. The van der Waals surface area contributed by atoms with E-state index in [1.807, 2.05) is 6.92 Å². The number of carboxylic acids is 1. The van der Waals surface area contributed by atoms with Crippen LogP contribution >= 0.6 is 0 Å². The monoisotopic (exact) mass is 288 g/mol. The number of carbonyl (C=O) groups is 3. The number of amides is 3. The summed E-state index contributed by atoms with van der Waals surface area (Å²) in [5, 5.41) is 11.0. The Hall–Kier alpha value is -1.63. The van der Waals surface area contributed by atoms with Crippen molar-refractivity contribution >= 4 is 17.9 Å². The lowest BCUT2D eigenvalue weighted by Crippen LogP contribution is -2.43. The van der Waals surface area contributed by atoms with Gasteiger partial charge in [-0.1, -0.05) is 13.8 Å². The van der Waals surface area contributed by atoms with Crippen LogP contribution in [0.1, 0.15) is 33.6 Å². The zero-order chi connectivity index (χ0) is 15.8. The average Bonchev–Trinajstić information content (AvgIpc) is 2.25. The van der Waals surface area contributed by atoms with Crippen LogP contribution in [0.2, 0.25) is 0 Å². The van der Waals surface area contributed by atoms with Crippen molar-refractivity contribution in [2.24, 2.45) is 5.41 Å². The van der Waals surface area contributed by atoms with Gasteiger partial charge in [0.15, 0.2) is 0 Å². The standard InChI is InChI=1S/C13H24N2O5/c1-5-20-7-6-15(4)12(19)14-10(16)8-13(2,3)9-11(17)18/h5-9H2,1-4H3,(H,17,18)(H,14,16,19). The second-order valence-electron chi connectivity index (χ2n) is 5.38. The van der Waals surface area contributed by atoms with Crippen LogP contribution in [-0.4, -0.2) is 54.7 Å². The topological polar surface area (TPSA) is 95.9 Å². The third-order valence-corrected chi connectivity index (χ3v) is 2.64. The minimum absolute atomic E-state index is 0.0235. The molecule has 0 rings (SSSR count). The Labute approximate surface area is 119 Å². The Morgan fingerprint density at radius 3 is 2.35 bits per heavy atom. The number of urea groups is 1.